The second-order valence-electron chi connectivity index (χ2n) is 10.3. The summed E-state index contributed by atoms with van der Waals surface area (Å²) in [6.07, 6.45) is 2.30. The smallest absolute Gasteiger partial charge is 0.255 e. The predicted octanol–water partition coefficient (Wildman–Crippen LogP) is 3.51. The summed E-state index contributed by atoms with van der Waals surface area (Å²) in [5, 5.41) is 21.3. The number of rotatable bonds is 6. The monoisotopic (exact) mass is 496 g/mol. The number of hydrogen-bond acceptors (Lipinski definition) is 6. The van der Waals surface area contributed by atoms with E-state index < -0.39 is 14.6 Å². The minimum absolute atomic E-state index is 0.0671. The van der Waals surface area contributed by atoms with Crippen LogP contribution in [0.1, 0.15) is 54.4 Å². The molecule has 2 heterocycles. The highest BCUT2D eigenvalue weighted by molar-refractivity contribution is 7.92. The number of sulfone groups is 1. The minimum atomic E-state index is -3.25. The normalized spacial score (nSPS) is 23.1. The molecule has 1 unspecified atom stereocenters. The molecular weight excluding hydrogens is 466 g/mol. The quantitative estimate of drug-likeness (QED) is 0.449. The van der Waals surface area contributed by atoms with Crippen LogP contribution in [0.3, 0.4) is 0 Å². The van der Waals surface area contributed by atoms with Crippen LogP contribution in [0.15, 0.2) is 48.5 Å². The number of nitrogens with one attached hydrogen (secondary N) is 2. The second kappa shape index (κ2) is 8.54. The van der Waals surface area contributed by atoms with Gasteiger partial charge in [-0.15, -0.1) is 0 Å². The summed E-state index contributed by atoms with van der Waals surface area (Å²) in [5.41, 5.74) is 2.75. The summed E-state index contributed by atoms with van der Waals surface area (Å²) in [5.74, 6) is 1.75. The van der Waals surface area contributed by atoms with Crippen LogP contribution >= 0.6 is 0 Å². The molecule has 0 bridgehead atoms. The fourth-order valence-corrected chi connectivity index (χ4v) is 6.16. The molecule has 2 aromatic carbocycles. The van der Waals surface area contributed by atoms with Crippen LogP contribution < -0.4 is 5.32 Å². The van der Waals surface area contributed by atoms with E-state index in [0.717, 1.165) is 29.8 Å². The van der Waals surface area contributed by atoms with Crippen molar-refractivity contribution in [1.82, 2.24) is 15.2 Å². The molecule has 3 N–H and O–H groups in total. The number of carbonyl (C=O) groups is 1. The van der Waals surface area contributed by atoms with Crippen molar-refractivity contribution >= 4 is 21.4 Å². The first-order valence-corrected chi connectivity index (χ1v) is 13.4. The lowest BCUT2D eigenvalue weighted by atomic mass is 10.1. The van der Waals surface area contributed by atoms with Crippen LogP contribution in [0.5, 0.6) is 0 Å². The summed E-state index contributed by atoms with van der Waals surface area (Å²) < 4.78 is 23.2. The largest absolute Gasteiger partial charge is 0.322 e. The number of anilines is 1. The van der Waals surface area contributed by atoms with Crippen LogP contribution in [0, 0.1) is 0 Å². The zero-order chi connectivity index (χ0) is 24.8. The lowest BCUT2D eigenvalue weighted by Crippen LogP contribution is -2.61. The Morgan fingerprint density at radius 2 is 1.94 bits per heavy atom. The third-order valence-corrected chi connectivity index (χ3v) is 9.36. The number of nitrogens with zero attached hydrogens (tertiary/aromatic N) is 3. The van der Waals surface area contributed by atoms with Gasteiger partial charge in [0.05, 0.1) is 0 Å². The third-order valence-electron chi connectivity index (χ3n) is 6.83. The summed E-state index contributed by atoms with van der Waals surface area (Å²) in [6.45, 7) is 3.75. The number of aromatic nitrogens is 3. The minimum Gasteiger partial charge on any atom is -0.322 e. The van der Waals surface area contributed by atoms with Crippen molar-refractivity contribution in [3.05, 3.63) is 65.5 Å². The lowest BCUT2D eigenvalue weighted by Gasteiger charge is -2.41. The van der Waals surface area contributed by atoms with Crippen LogP contribution in [-0.4, -0.2) is 62.9 Å². The molecule has 1 aliphatic heterocycles. The molecule has 2 fully saturated rings. The highest BCUT2D eigenvalue weighted by atomic mass is 32.2. The number of quaternary nitrogens is 1. The van der Waals surface area contributed by atoms with Gasteiger partial charge in [0.1, 0.15) is 36.0 Å². The molecule has 35 heavy (non-hydrogen) atoms. The van der Waals surface area contributed by atoms with Crippen molar-refractivity contribution in [2.75, 3.05) is 24.2 Å². The number of aromatic amines is 1. The van der Waals surface area contributed by atoms with E-state index in [9.17, 15) is 18.4 Å². The van der Waals surface area contributed by atoms with Crippen molar-refractivity contribution in [3.8, 4) is 11.4 Å². The van der Waals surface area contributed by atoms with Gasteiger partial charge in [0, 0.05) is 28.3 Å². The van der Waals surface area contributed by atoms with Gasteiger partial charge < -0.3 is 5.32 Å². The van der Waals surface area contributed by atoms with Crippen LogP contribution in [0.4, 0.5) is 5.69 Å². The zero-order valence-corrected chi connectivity index (χ0v) is 20.7. The molecule has 9 nitrogen and oxygen atoms in total. The molecule has 0 spiro atoms. The zero-order valence-electron chi connectivity index (χ0n) is 19.9. The standard InChI is InChI=1S/C25H29N5O4S/c1-25(2)16-30(32,12-13-35(25,33)34)15-17-4-3-5-20(14-17)24(31)26-21-10-8-19(9-11-21)23-27-22(28-29-23)18-6-7-18/h3-5,8-11,14,18,32H,6-7,12-13,15-16H2,1-2H3,(H-,26,27,28,29,31)/p+1. The van der Waals surface area contributed by atoms with Gasteiger partial charge in [0.15, 0.2) is 15.7 Å². The molecule has 10 heteroatoms. The predicted molar refractivity (Wildman–Crippen MR) is 132 cm³/mol. The molecule has 5 rings (SSSR count). The second-order valence-corrected chi connectivity index (χ2v) is 13.0. The van der Waals surface area contributed by atoms with Crippen molar-refractivity contribution in [2.45, 2.75) is 43.9 Å². The lowest BCUT2D eigenvalue weighted by molar-refractivity contribution is -1.11. The molecule has 1 saturated heterocycles. The maximum Gasteiger partial charge on any atom is 0.255 e. The molecule has 1 atom stereocenters. The Morgan fingerprint density at radius 3 is 2.63 bits per heavy atom. The van der Waals surface area contributed by atoms with E-state index in [1.165, 1.54) is 0 Å². The van der Waals surface area contributed by atoms with Crippen molar-refractivity contribution in [3.63, 3.8) is 0 Å². The Bertz CT molecular complexity index is 1360. The summed E-state index contributed by atoms with van der Waals surface area (Å²) >= 11 is 0. The molecule has 184 valence electrons. The molecule has 1 saturated carbocycles. The molecule has 2 aliphatic rings. The van der Waals surface area contributed by atoms with Crippen LogP contribution in [0.2, 0.25) is 0 Å². The first-order chi connectivity index (χ1) is 16.5. The Hall–Kier alpha value is -3.08. The topological polar surface area (TPSA) is 125 Å². The molecular formula is C25H30N5O4S+. The summed E-state index contributed by atoms with van der Waals surface area (Å²) in [4.78, 5) is 17.4. The Morgan fingerprint density at radius 1 is 1.20 bits per heavy atom. The number of hydrogen-bond donors (Lipinski definition) is 3. The summed E-state index contributed by atoms with van der Waals surface area (Å²) in [7, 11) is -3.25. The fourth-order valence-electron chi connectivity index (χ4n) is 4.59. The average Bonchev–Trinajstić information content (AvgIpc) is 3.54. The number of hydroxylamine groups is 3. The van der Waals surface area contributed by atoms with Crippen molar-refractivity contribution in [1.29, 1.82) is 0 Å². The molecule has 3 aromatic rings. The Kier molecular flexibility index (Phi) is 5.77. The average molecular weight is 497 g/mol. The van der Waals surface area contributed by atoms with Crippen LogP contribution in [-0.2, 0) is 16.4 Å². The van der Waals surface area contributed by atoms with Gasteiger partial charge in [-0.25, -0.2) is 18.6 Å². The van der Waals surface area contributed by atoms with E-state index in [1.807, 2.05) is 30.3 Å². The van der Waals surface area contributed by atoms with Crippen LogP contribution in [0.25, 0.3) is 11.4 Å². The van der Waals surface area contributed by atoms with Gasteiger partial charge in [0.25, 0.3) is 5.91 Å². The van der Waals surface area contributed by atoms with E-state index in [0.29, 0.717) is 23.0 Å². The van der Waals surface area contributed by atoms with Gasteiger partial charge in [-0.1, -0.05) is 12.1 Å². The maximum atomic E-state index is 12.9. The van der Waals surface area contributed by atoms with Gasteiger partial charge in [-0.2, -0.15) is 9.75 Å². The van der Waals surface area contributed by atoms with Crippen molar-refractivity contribution < 1.29 is 23.1 Å². The SMILES string of the molecule is CC1(C)C[N+](O)(Cc2cccc(C(=O)Nc3ccc(-c4n[nH]c(C5CC5)n4)cc3)c2)CCS1(=O)=O. The van der Waals surface area contributed by atoms with E-state index in [2.05, 4.69) is 20.5 Å². The van der Waals surface area contributed by atoms with Gasteiger partial charge >= 0.3 is 0 Å². The maximum absolute atomic E-state index is 12.9. The van der Waals surface area contributed by atoms with Crippen molar-refractivity contribution in [2.24, 2.45) is 0 Å². The third kappa shape index (κ3) is 5.00. The van der Waals surface area contributed by atoms with E-state index >= 15 is 0 Å². The highest BCUT2D eigenvalue weighted by Crippen LogP contribution is 2.38. The molecule has 0 radical (unpaired) electrons. The van der Waals surface area contributed by atoms with E-state index in [4.69, 9.17) is 0 Å². The number of carbonyl (C=O) groups excluding carboxylic acids is 1. The first kappa shape index (κ1) is 23.7. The molecule has 1 aliphatic carbocycles. The fraction of sp³-hybridized carbons (Fsp3) is 0.400. The summed E-state index contributed by atoms with van der Waals surface area (Å²) in [6, 6.07) is 14.4. The van der Waals surface area contributed by atoms with Gasteiger partial charge in [-0.3, -0.25) is 9.89 Å². The Balaban J connectivity index is 1.25. The number of benzene rings is 2. The first-order valence-electron chi connectivity index (χ1n) is 11.8. The Labute approximate surface area is 204 Å². The number of amides is 1. The number of H-pyrrole nitrogens is 1. The van der Waals surface area contributed by atoms with E-state index in [1.54, 1.807) is 32.0 Å². The highest BCUT2D eigenvalue weighted by Gasteiger charge is 2.49. The van der Waals surface area contributed by atoms with Gasteiger partial charge in [0.2, 0.25) is 0 Å². The van der Waals surface area contributed by atoms with Gasteiger partial charge in [-0.05, 0) is 63.1 Å². The molecule has 1 aromatic heterocycles. The molecule has 1 amide bonds. The van der Waals surface area contributed by atoms with E-state index in [-0.39, 0.29) is 35.9 Å².